The summed E-state index contributed by atoms with van der Waals surface area (Å²) in [5.74, 6) is -0.158. The Balaban J connectivity index is 2.16. The van der Waals surface area contributed by atoms with Gasteiger partial charge in [0.1, 0.15) is 11.8 Å². The fourth-order valence-corrected chi connectivity index (χ4v) is 2.61. The van der Waals surface area contributed by atoms with Crippen molar-refractivity contribution in [1.82, 2.24) is 4.57 Å². The molecule has 0 unspecified atom stereocenters. The number of benzene rings is 1. The summed E-state index contributed by atoms with van der Waals surface area (Å²) >= 11 is 6.01. The lowest BCUT2D eigenvalue weighted by atomic mass is 10.0. The van der Waals surface area contributed by atoms with Crippen molar-refractivity contribution >= 4 is 34.8 Å². The number of hydrogen-bond acceptors (Lipinski definition) is 2. The number of halogens is 1. The van der Waals surface area contributed by atoms with E-state index in [-0.39, 0.29) is 5.91 Å². The quantitative estimate of drug-likeness (QED) is 0.821. The standard InChI is InChI=1S/C16H12ClN3O/c1-9-10(5-12(8-18)20(9)2)6-14-13-7-11(17)3-4-15(13)19-16(14)21/h3-7H,1-2H3,(H,19,21)/b14-6-. The van der Waals surface area contributed by atoms with E-state index in [1.807, 2.05) is 14.0 Å². The smallest absolute Gasteiger partial charge is 0.256 e. The van der Waals surface area contributed by atoms with Gasteiger partial charge in [-0.1, -0.05) is 11.6 Å². The number of nitriles is 1. The fraction of sp³-hybridized carbons (Fsp3) is 0.125. The molecule has 1 aliphatic rings. The highest BCUT2D eigenvalue weighted by Gasteiger charge is 2.24. The molecule has 0 fully saturated rings. The molecule has 2 aromatic rings. The van der Waals surface area contributed by atoms with Crippen LogP contribution in [-0.4, -0.2) is 10.5 Å². The van der Waals surface area contributed by atoms with Crippen LogP contribution >= 0.6 is 11.6 Å². The van der Waals surface area contributed by atoms with Crippen molar-refractivity contribution < 1.29 is 4.79 Å². The molecule has 21 heavy (non-hydrogen) atoms. The molecule has 0 saturated heterocycles. The highest BCUT2D eigenvalue weighted by atomic mass is 35.5. The third-order valence-electron chi connectivity index (χ3n) is 3.75. The second-order valence-electron chi connectivity index (χ2n) is 4.94. The monoisotopic (exact) mass is 297 g/mol. The molecule has 1 aromatic heterocycles. The second-order valence-corrected chi connectivity index (χ2v) is 5.38. The number of nitrogens with zero attached hydrogens (tertiary/aromatic N) is 2. The van der Waals surface area contributed by atoms with Gasteiger partial charge in [-0.05, 0) is 42.8 Å². The molecule has 0 spiro atoms. The predicted molar refractivity (Wildman–Crippen MR) is 82.8 cm³/mol. The van der Waals surface area contributed by atoms with Crippen LogP contribution < -0.4 is 5.32 Å². The lowest BCUT2D eigenvalue weighted by Crippen LogP contribution is -2.03. The van der Waals surface area contributed by atoms with Crippen LogP contribution in [0, 0.1) is 18.3 Å². The number of carbonyl (C=O) groups is 1. The topological polar surface area (TPSA) is 57.8 Å². The van der Waals surface area contributed by atoms with E-state index in [4.69, 9.17) is 16.9 Å². The van der Waals surface area contributed by atoms with Gasteiger partial charge in [0.15, 0.2) is 0 Å². The van der Waals surface area contributed by atoms with Crippen LogP contribution in [0.2, 0.25) is 5.02 Å². The van der Waals surface area contributed by atoms with Crippen molar-refractivity contribution in [3.05, 3.63) is 51.8 Å². The zero-order chi connectivity index (χ0) is 15.1. The first-order valence-corrected chi connectivity index (χ1v) is 6.78. The van der Waals surface area contributed by atoms with Crippen molar-refractivity contribution in [2.45, 2.75) is 6.92 Å². The molecule has 1 amide bonds. The zero-order valence-corrected chi connectivity index (χ0v) is 12.3. The summed E-state index contributed by atoms with van der Waals surface area (Å²) in [4.78, 5) is 12.1. The lowest BCUT2D eigenvalue weighted by molar-refractivity contribution is -0.110. The van der Waals surface area contributed by atoms with Crippen molar-refractivity contribution in [2.24, 2.45) is 7.05 Å². The first-order chi connectivity index (χ1) is 10.0. The maximum absolute atomic E-state index is 12.1. The maximum atomic E-state index is 12.1. The summed E-state index contributed by atoms with van der Waals surface area (Å²) in [5.41, 5.74) is 4.45. The minimum Gasteiger partial charge on any atom is -0.339 e. The van der Waals surface area contributed by atoms with Crippen molar-refractivity contribution in [2.75, 3.05) is 5.32 Å². The van der Waals surface area contributed by atoms with Gasteiger partial charge in [0.05, 0.1) is 0 Å². The van der Waals surface area contributed by atoms with E-state index >= 15 is 0 Å². The maximum Gasteiger partial charge on any atom is 0.256 e. The van der Waals surface area contributed by atoms with Gasteiger partial charge in [-0.25, -0.2) is 0 Å². The Kier molecular flexibility index (Phi) is 3.08. The molecule has 0 atom stereocenters. The van der Waals surface area contributed by atoms with Gasteiger partial charge in [-0.3, -0.25) is 4.79 Å². The number of aromatic nitrogens is 1. The highest BCUT2D eigenvalue weighted by molar-refractivity contribution is 6.36. The molecule has 5 heteroatoms. The fourth-order valence-electron chi connectivity index (χ4n) is 2.44. The molecule has 0 bridgehead atoms. The normalized spacial score (nSPS) is 15.0. The van der Waals surface area contributed by atoms with Crippen molar-refractivity contribution in [3.63, 3.8) is 0 Å². The summed E-state index contributed by atoms with van der Waals surface area (Å²) in [7, 11) is 1.83. The number of anilines is 1. The zero-order valence-electron chi connectivity index (χ0n) is 11.6. The number of nitrogens with one attached hydrogen (secondary N) is 1. The van der Waals surface area contributed by atoms with Gasteiger partial charge in [0.2, 0.25) is 0 Å². The molecule has 1 N–H and O–H groups in total. The Morgan fingerprint density at radius 1 is 1.38 bits per heavy atom. The summed E-state index contributed by atoms with van der Waals surface area (Å²) in [6.07, 6.45) is 1.80. The minimum absolute atomic E-state index is 0.158. The molecule has 0 saturated carbocycles. The number of rotatable bonds is 1. The highest BCUT2D eigenvalue weighted by Crippen LogP contribution is 2.35. The SMILES string of the molecule is Cc1c(/C=C2\C(=O)Nc3ccc(Cl)cc32)cc(C#N)n1C. The Hall–Kier alpha value is -2.51. The first kappa shape index (κ1) is 13.5. The van der Waals surface area contributed by atoms with Crippen LogP contribution in [0.25, 0.3) is 11.6 Å². The number of hydrogen-bond donors (Lipinski definition) is 1. The van der Waals surface area contributed by atoms with E-state index in [9.17, 15) is 4.79 Å². The third kappa shape index (κ3) is 2.12. The molecule has 104 valence electrons. The Morgan fingerprint density at radius 2 is 2.14 bits per heavy atom. The van der Waals surface area contributed by atoms with Gasteiger partial charge in [0, 0.05) is 34.6 Å². The summed E-state index contributed by atoms with van der Waals surface area (Å²) in [6.45, 7) is 1.92. The van der Waals surface area contributed by atoms with E-state index in [0.717, 1.165) is 22.5 Å². The minimum atomic E-state index is -0.158. The van der Waals surface area contributed by atoms with Crippen molar-refractivity contribution in [3.8, 4) is 6.07 Å². The molecule has 2 heterocycles. The summed E-state index contributed by atoms with van der Waals surface area (Å²) < 4.78 is 1.80. The van der Waals surface area contributed by atoms with Gasteiger partial charge in [-0.15, -0.1) is 0 Å². The number of fused-ring (bicyclic) bond motifs is 1. The first-order valence-electron chi connectivity index (χ1n) is 6.40. The van der Waals surface area contributed by atoms with Crippen molar-refractivity contribution in [1.29, 1.82) is 5.26 Å². The Labute approximate surface area is 127 Å². The van der Waals surface area contributed by atoms with E-state index < -0.39 is 0 Å². The molecular weight excluding hydrogens is 286 g/mol. The van der Waals surface area contributed by atoms with E-state index in [1.165, 1.54) is 0 Å². The summed E-state index contributed by atoms with van der Waals surface area (Å²) in [6, 6.07) is 9.20. The largest absolute Gasteiger partial charge is 0.339 e. The average Bonchev–Trinajstić information content (AvgIpc) is 2.91. The van der Waals surface area contributed by atoms with Crippen LogP contribution in [-0.2, 0) is 11.8 Å². The molecule has 3 rings (SSSR count). The number of amides is 1. The van der Waals surface area contributed by atoms with Crippen LogP contribution in [0.5, 0.6) is 0 Å². The van der Waals surface area contributed by atoms with Crippen LogP contribution in [0.15, 0.2) is 24.3 Å². The van der Waals surface area contributed by atoms with Crippen LogP contribution in [0.4, 0.5) is 5.69 Å². The second kappa shape index (κ2) is 4.80. The van der Waals surface area contributed by atoms with Gasteiger partial charge >= 0.3 is 0 Å². The summed E-state index contributed by atoms with van der Waals surface area (Å²) in [5, 5.41) is 12.5. The van der Waals surface area contributed by atoms with E-state index in [0.29, 0.717) is 16.3 Å². The van der Waals surface area contributed by atoms with Gasteiger partial charge < -0.3 is 9.88 Å². The molecule has 0 radical (unpaired) electrons. The Bertz CT molecular complexity index is 840. The molecule has 1 aliphatic heterocycles. The molecule has 1 aromatic carbocycles. The van der Waals surface area contributed by atoms with Crippen LogP contribution in [0.1, 0.15) is 22.5 Å². The van der Waals surface area contributed by atoms with Gasteiger partial charge in [0.25, 0.3) is 5.91 Å². The molecule has 4 nitrogen and oxygen atoms in total. The molecular formula is C16H12ClN3O. The van der Waals surface area contributed by atoms with E-state index in [2.05, 4.69) is 11.4 Å². The molecule has 0 aliphatic carbocycles. The number of carbonyl (C=O) groups excluding carboxylic acids is 1. The average molecular weight is 298 g/mol. The van der Waals surface area contributed by atoms with E-state index in [1.54, 1.807) is 34.9 Å². The third-order valence-corrected chi connectivity index (χ3v) is 3.99. The van der Waals surface area contributed by atoms with Gasteiger partial charge in [-0.2, -0.15) is 5.26 Å². The predicted octanol–water partition coefficient (Wildman–Crippen LogP) is 3.35. The Morgan fingerprint density at radius 3 is 2.81 bits per heavy atom. The van der Waals surface area contributed by atoms with Crippen LogP contribution in [0.3, 0.4) is 0 Å². The lowest BCUT2D eigenvalue weighted by Gasteiger charge is -2.00.